The van der Waals surface area contributed by atoms with Gasteiger partial charge in [0.25, 0.3) is 0 Å². The third-order valence-electron chi connectivity index (χ3n) is 6.06. The van der Waals surface area contributed by atoms with Crippen LogP contribution < -0.4 is 14.9 Å². The van der Waals surface area contributed by atoms with Crippen LogP contribution >= 0.6 is 0 Å². The van der Waals surface area contributed by atoms with Gasteiger partial charge in [-0.3, -0.25) is 4.79 Å². The number of methoxy groups -OCH3 is 2. The van der Waals surface area contributed by atoms with Gasteiger partial charge in [0.2, 0.25) is 5.43 Å². The van der Waals surface area contributed by atoms with E-state index in [1.165, 1.54) is 32.4 Å². The Morgan fingerprint density at radius 3 is 2.35 bits per heavy atom. The Kier molecular flexibility index (Phi) is 5.42. The second-order valence-corrected chi connectivity index (χ2v) is 7.85. The van der Waals surface area contributed by atoms with Crippen LogP contribution in [0.15, 0.2) is 27.4 Å². The van der Waals surface area contributed by atoms with Gasteiger partial charge in [-0.05, 0) is 24.8 Å². The highest BCUT2D eigenvalue weighted by Gasteiger charge is 2.39. The van der Waals surface area contributed by atoms with E-state index in [1.54, 1.807) is 0 Å². The molecule has 0 aliphatic heterocycles. The van der Waals surface area contributed by atoms with Crippen molar-refractivity contribution in [1.82, 2.24) is 0 Å². The van der Waals surface area contributed by atoms with E-state index < -0.39 is 29.3 Å². The molecule has 0 saturated heterocycles. The first-order chi connectivity index (χ1) is 14.8. The molecule has 4 unspecified atom stereocenters. The zero-order chi connectivity index (χ0) is 22.4. The molecule has 0 radical (unpaired) electrons. The molecule has 1 saturated carbocycles. The SMILES string of the molecule is COc1cc2oc3cc(O)c(C4CC(CO)CC(O)C4O)c(O)c3c(=O)c2cc1OC. The highest BCUT2D eigenvalue weighted by molar-refractivity contribution is 5.96. The molecule has 1 heterocycles. The second kappa shape index (κ2) is 7.92. The molecule has 9 heteroatoms. The smallest absolute Gasteiger partial charge is 0.204 e. The summed E-state index contributed by atoms with van der Waals surface area (Å²) in [6.07, 6.45) is -2.02. The first-order valence-corrected chi connectivity index (χ1v) is 9.85. The first kappa shape index (κ1) is 21.2. The number of rotatable bonds is 4. The Balaban J connectivity index is 1.98. The molecule has 1 aliphatic carbocycles. The number of hydrogen-bond acceptors (Lipinski definition) is 9. The van der Waals surface area contributed by atoms with Crippen molar-refractivity contribution in [3.63, 3.8) is 0 Å². The van der Waals surface area contributed by atoms with Gasteiger partial charge in [-0.2, -0.15) is 0 Å². The first-order valence-electron chi connectivity index (χ1n) is 9.85. The maximum atomic E-state index is 13.2. The zero-order valence-corrected chi connectivity index (χ0v) is 17.0. The Hall–Kier alpha value is -3.01. The van der Waals surface area contributed by atoms with E-state index >= 15 is 0 Å². The number of hydrogen-bond donors (Lipinski definition) is 5. The van der Waals surface area contributed by atoms with Crippen LogP contribution in [0.5, 0.6) is 23.0 Å². The summed E-state index contributed by atoms with van der Waals surface area (Å²) in [7, 11) is 2.86. The van der Waals surface area contributed by atoms with Gasteiger partial charge in [-0.25, -0.2) is 0 Å². The zero-order valence-electron chi connectivity index (χ0n) is 17.0. The van der Waals surface area contributed by atoms with Gasteiger partial charge in [0, 0.05) is 30.2 Å². The predicted octanol–water partition coefficient (Wildman–Crippen LogP) is 1.58. The number of aromatic hydroxyl groups is 2. The maximum Gasteiger partial charge on any atom is 0.204 e. The fourth-order valence-corrected chi connectivity index (χ4v) is 4.47. The topological polar surface area (TPSA) is 150 Å². The molecular formula is C22H24O9. The van der Waals surface area contributed by atoms with Crippen LogP contribution in [0.1, 0.15) is 24.3 Å². The van der Waals surface area contributed by atoms with Crippen LogP contribution in [0.4, 0.5) is 0 Å². The van der Waals surface area contributed by atoms with Crippen molar-refractivity contribution in [3.8, 4) is 23.0 Å². The predicted molar refractivity (Wildman–Crippen MR) is 111 cm³/mol. The average Bonchev–Trinajstić information content (AvgIpc) is 2.75. The standard InChI is InChI=1S/C22H24O9/c1-29-15-5-10-14(7-16(15)30-2)31-17-6-12(24)18(22(28)19(17)21(10)27)11-3-9(8-23)4-13(25)20(11)26/h5-7,9,11,13,20,23-26,28H,3-4,8H2,1-2H3. The molecule has 3 aromatic rings. The summed E-state index contributed by atoms with van der Waals surface area (Å²) in [5.41, 5.74) is -0.493. The van der Waals surface area contributed by atoms with E-state index in [-0.39, 0.29) is 58.6 Å². The minimum Gasteiger partial charge on any atom is -0.507 e. The van der Waals surface area contributed by atoms with Crippen molar-refractivity contribution >= 4 is 21.9 Å². The summed E-state index contributed by atoms with van der Waals surface area (Å²) in [6, 6.07) is 4.11. The van der Waals surface area contributed by atoms with Crippen molar-refractivity contribution in [2.45, 2.75) is 31.0 Å². The highest BCUT2D eigenvalue weighted by Crippen LogP contribution is 2.47. The van der Waals surface area contributed by atoms with Crippen LogP contribution in [-0.2, 0) is 0 Å². The average molecular weight is 432 g/mol. The van der Waals surface area contributed by atoms with E-state index in [9.17, 15) is 30.3 Å². The van der Waals surface area contributed by atoms with E-state index in [0.717, 1.165) is 0 Å². The number of fused-ring (bicyclic) bond motifs is 2. The molecule has 4 rings (SSSR count). The third kappa shape index (κ3) is 3.34. The molecule has 4 atom stereocenters. The lowest BCUT2D eigenvalue weighted by atomic mass is 9.74. The minimum absolute atomic E-state index is 0.0481. The van der Waals surface area contributed by atoms with E-state index in [4.69, 9.17) is 13.9 Å². The Morgan fingerprint density at radius 1 is 1.03 bits per heavy atom. The molecule has 0 bridgehead atoms. The molecule has 1 aromatic heterocycles. The number of phenolic OH excluding ortho intramolecular Hbond substituents is 2. The molecular weight excluding hydrogens is 408 g/mol. The van der Waals surface area contributed by atoms with Crippen molar-refractivity contribution in [3.05, 3.63) is 34.0 Å². The van der Waals surface area contributed by atoms with Crippen LogP contribution in [0.3, 0.4) is 0 Å². The van der Waals surface area contributed by atoms with Crippen molar-refractivity contribution in [1.29, 1.82) is 0 Å². The molecule has 0 spiro atoms. The van der Waals surface area contributed by atoms with Gasteiger partial charge in [0.1, 0.15) is 28.1 Å². The van der Waals surface area contributed by atoms with Gasteiger partial charge in [0.15, 0.2) is 11.5 Å². The lowest BCUT2D eigenvalue weighted by Gasteiger charge is -2.36. The lowest BCUT2D eigenvalue weighted by Crippen LogP contribution is -2.40. The summed E-state index contributed by atoms with van der Waals surface area (Å²) in [6.45, 7) is -0.218. The van der Waals surface area contributed by atoms with Gasteiger partial charge in [-0.1, -0.05) is 0 Å². The molecule has 9 nitrogen and oxygen atoms in total. The van der Waals surface area contributed by atoms with Gasteiger partial charge in [-0.15, -0.1) is 0 Å². The van der Waals surface area contributed by atoms with Gasteiger partial charge < -0.3 is 39.4 Å². The van der Waals surface area contributed by atoms with Crippen molar-refractivity contribution in [2.75, 3.05) is 20.8 Å². The third-order valence-corrected chi connectivity index (χ3v) is 6.06. The van der Waals surface area contributed by atoms with Gasteiger partial charge in [0.05, 0.1) is 31.8 Å². The number of phenols is 2. The Labute approximate surface area is 176 Å². The van der Waals surface area contributed by atoms with Crippen LogP contribution in [0.2, 0.25) is 0 Å². The number of aliphatic hydroxyl groups is 3. The Morgan fingerprint density at radius 2 is 1.71 bits per heavy atom. The van der Waals surface area contributed by atoms with E-state index in [1.807, 2.05) is 0 Å². The van der Waals surface area contributed by atoms with Crippen LogP contribution in [-0.4, -0.2) is 58.6 Å². The molecule has 5 N–H and O–H groups in total. The monoisotopic (exact) mass is 432 g/mol. The van der Waals surface area contributed by atoms with Gasteiger partial charge >= 0.3 is 0 Å². The number of aliphatic hydroxyl groups excluding tert-OH is 3. The largest absolute Gasteiger partial charge is 0.507 e. The normalized spacial score (nSPS) is 23.9. The van der Waals surface area contributed by atoms with Crippen LogP contribution in [0.25, 0.3) is 21.9 Å². The molecule has 31 heavy (non-hydrogen) atoms. The molecule has 166 valence electrons. The summed E-state index contributed by atoms with van der Waals surface area (Å²) in [4.78, 5) is 13.2. The van der Waals surface area contributed by atoms with E-state index in [2.05, 4.69) is 0 Å². The summed E-state index contributed by atoms with van der Waals surface area (Å²) < 4.78 is 16.2. The molecule has 1 fully saturated rings. The maximum absolute atomic E-state index is 13.2. The van der Waals surface area contributed by atoms with Crippen molar-refractivity contribution < 1.29 is 39.4 Å². The Bertz CT molecular complexity index is 1200. The molecule has 1 aliphatic rings. The quantitative estimate of drug-likeness (QED) is 0.387. The van der Waals surface area contributed by atoms with Crippen LogP contribution in [0, 0.1) is 5.92 Å². The lowest BCUT2D eigenvalue weighted by molar-refractivity contribution is -0.0479. The molecule has 2 aromatic carbocycles. The number of benzene rings is 2. The molecule has 0 amide bonds. The second-order valence-electron chi connectivity index (χ2n) is 7.85. The summed E-state index contributed by atoms with van der Waals surface area (Å²) >= 11 is 0. The number of ether oxygens (including phenoxy) is 2. The highest BCUT2D eigenvalue weighted by atomic mass is 16.5. The van der Waals surface area contributed by atoms with Crippen molar-refractivity contribution in [2.24, 2.45) is 5.92 Å². The fraction of sp³-hybridized carbons (Fsp3) is 0.409. The van der Waals surface area contributed by atoms with E-state index in [0.29, 0.717) is 11.5 Å². The summed E-state index contributed by atoms with van der Waals surface area (Å²) in [5.74, 6) is -1.49. The summed E-state index contributed by atoms with van der Waals surface area (Å²) in [5, 5.41) is 51.8. The fourth-order valence-electron chi connectivity index (χ4n) is 4.47. The minimum atomic E-state index is -1.28.